The van der Waals surface area contributed by atoms with Crippen LogP contribution >= 0.6 is 0 Å². The third-order valence-electron chi connectivity index (χ3n) is 7.24. The van der Waals surface area contributed by atoms with Crippen molar-refractivity contribution in [2.24, 2.45) is 5.41 Å². The first-order valence-corrected chi connectivity index (χ1v) is 11.8. The molecule has 0 radical (unpaired) electrons. The van der Waals surface area contributed by atoms with Gasteiger partial charge in [-0.25, -0.2) is 15.0 Å². The zero-order valence-electron chi connectivity index (χ0n) is 20.1. The van der Waals surface area contributed by atoms with E-state index in [1.54, 1.807) is 0 Å². The number of nitrogens with one attached hydrogen (secondary N) is 2. The molecular weight excluding hydrogens is 422 g/mol. The van der Waals surface area contributed by atoms with Gasteiger partial charge in [0.1, 0.15) is 11.5 Å². The van der Waals surface area contributed by atoms with E-state index in [4.69, 9.17) is 9.97 Å². The number of rotatable bonds is 4. The van der Waals surface area contributed by atoms with Crippen LogP contribution in [-0.2, 0) is 0 Å². The number of hydrogen-bond acceptors (Lipinski definition) is 6. The van der Waals surface area contributed by atoms with E-state index in [0.717, 1.165) is 64.1 Å². The smallest absolute Gasteiger partial charge is 0.163 e. The van der Waals surface area contributed by atoms with Crippen LogP contribution in [0.25, 0.3) is 38.9 Å². The zero-order valence-corrected chi connectivity index (χ0v) is 20.1. The van der Waals surface area contributed by atoms with Crippen molar-refractivity contribution in [2.45, 2.75) is 33.2 Å². The van der Waals surface area contributed by atoms with Gasteiger partial charge in [-0.15, -0.1) is 0 Å². The van der Waals surface area contributed by atoms with Crippen LogP contribution in [0.2, 0.25) is 0 Å². The Labute approximate surface area is 199 Å². The van der Waals surface area contributed by atoms with E-state index in [0.29, 0.717) is 11.9 Å². The highest BCUT2D eigenvalue weighted by molar-refractivity contribution is 6.03. The number of fused-ring (bicyclic) bond motifs is 2. The number of aromatic nitrogens is 5. The third kappa shape index (κ3) is 3.30. The van der Waals surface area contributed by atoms with Crippen LogP contribution in [0.3, 0.4) is 0 Å². The second-order valence-electron chi connectivity index (χ2n) is 10.1. The normalized spacial score (nSPS) is 19.3. The van der Waals surface area contributed by atoms with Crippen molar-refractivity contribution in [3.05, 3.63) is 60.2 Å². The predicted octanol–water partition coefficient (Wildman–Crippen LogP) is 4.65. The fourth-order valence-corrected chi connectivity index (χ4v) is 5.41. The lowest BCUT2D eigenvalue weighted by molar-refractivity contribution is 0.215. The van der Waals surface area contributed by atoms with Crippen LogP contribution in [-0.4, -0.2) is 51.1 Å². The Balaban J connectivity index is 1.60. The molecule has 7 nitrogen and oxygen atoms in total. The summed E-state index contributed by atoms with van der Waals surface area (Å²) in [6.07, 6.45) is 13.0. The number of anilines is 1. The van der Waals surface area contributed by atoms with Crippen molar-refractivity contribution in [1.82, 2.24) is 30.2 Å². The summed E-state index contributed by atoms with van der Waals surface area (Å²) in [5, 5.41) is 5.65. The Hall–Kier alpha value is -3.58. The maximum absolute atomic E-state index is 5.25. The molecule has 2 N–H and O–H groups in total. The summed E-state index contributed by atoms with van der Waals surface area (Å²) in [7, 11) is 2.18. The molecular formula is C27H29N7. The molecule has 1 unspecified atom stereocenters. The van der Waals surface area contributed by atoms with Gasteiger partial charge >= 0.3 is 0 Å². The van der Waals surface area contributed by atoms with Crippen LogP contribution in [0.1, 0.15) is 31.5 Å². The van der Waals surface area contributed by atoms with Gasteiger partial charge in [0.15, 0.2) is 5.82 Å². The minimum Gasteiger partial charge on any atom is -0.355 e. The molecule has 1 fully saturated rings. The fourth-order valence-electron chi connectivity index (χ4n) is 5.41. The SMILES string of the molecule is Cc1cc2c(-c3nc(N(C)C4CCNCC4(C)C)c4c(C5=CC=C5)cncc4n3)ccnc2[nH]1. The summed E-state index contributed by atoms with van der Waals surface area (Å²) in [6, 6.07) is 4.46. The number of allylic oxidation sites excluding steroid dienone is 4. The Bertz CT molecular complexity index is 1480. The fraction of sp³-hybridized carbons (Fsp3) is 0.333. The molecule has 1 aliphatic heterocycles. The van der Waals surface area contributed by atoms with Gasteiger partial charge in [0.05, 0.1) is 17.1 Å². The van der Waals surface area contributed by atoms with Gasteiger partial charge in [-0.3, -0.25) is 4.98 Å². The minimum atomic E-state index is 0.106. The molecule has 2 aliphatic rings. The predicted molar refractivity (Wildman–Crippen MR) is 138 cm³/mol. The first-order valence-electron chi connectivity index (χ1n) is 11.8. The lowest BCUT2D eigenvalue weighted by atomic mass is 9.79. The maximum Gasteiger partial charge on any atom is 0.163 e. The molecule has 7 heteroatoms. The van der Waals surface area contributed by atoms with Crippen LogP contribution < -0.4 is 10.2 Å². The summed E-state index contributed by atoms with van der Waals surface area (Å²) in [5.41, 5.74) is 6.10. The van der Waals surface area contributed by atoms with Gasteiger partial charge in [0, 0.05) is 54.2 Å². The molecule has 1 aliphatic carbocycles. The van der Waals surface area contributed by atoms with E-state index in [9.17, 15) is 0 Å². The van der Waals surface area contributed by atoms with E-state index >= 15 is 0 Å². The molecule has 5 heterocycles. The molecule has 0 saturated carbocycles. The standard InChI is InChI=1S/C27H29N7/c1-16-12-19-18(8-11-30-24(19)31-16)25-32-21-14-29-13-20(17-6-5-7-17)23(21)26(33-25)34(4)22-9-10-28-15-27(22,2)3/h5-8,11-14,22,28H,9-10,15H2,1-4H3,(H,30,31). The van der Waals surface area contributed by atoms with Crippen LogP contribution in [0.15, 0.2) is 49.0 Å². The van der Waals surface area contributed by atoms with Crippen molar-refractivity contribution in [1.29, 1.82) is 0 Å². The molecule has 1 saturated heterocycles. The number of nitrogens with zero attached hydrogens (tertiary/aromatic N) is 5. The second kappa shape index (κ2) is 7.74. The molecule has 0 spiro atoms. The highest BCUT2D eigenvalue weighted by atomic mass is 15.2. The Morgan fingerprint density at radius 1 is 1.15 bits per heavy atom. The Morgan fingerprint density at radius 3 is 2.76 bits per heavy atom. The summed E-state index contributed by atoms with van der Waals surface area (Å²) in [4.78, 5) is 25.0. The Morgan fingerprint density at radius 2 is 2.00 bits per heavy atom. The monoisotopic (exact) mass is 451 g/mol. The quantitative estimate of drug-likeness (QED) is 0.470. The number of H-pyrrole nitrogens is 1. The van der Waals surface area contributed by atoms with Gasteiger partial charge in [0.2, 0.25) is 0 Å². The summed E-state index contributed by atoms with van der Waals surface area (Å²) >= 11 is 0. The molecule has 6 rings (SSSR count). The first-order chi connectivity index (χ1) is 16.4. The number of pyridine rings is 2. The van der Waals surface area contributed by atoms with Gasteiger partial charge in [-0.2, -0.15) is 0 Å². The van der Waals surface area contributed by atoms with Crippen molar-refractivity contribution in [3.63, 3.8) is 0 Å². The van der Waals surface area contributed by atoms with E-state index in [1.165, 1.54) is 5.57 Å². The van der Waals surface area contributed by atoms with Crippen molar-refractivity contribution in [3.8, 4) is 11.4 Å². The average molecular weight is 452 g/mol. The molecule has 0 bridgehead atoms. The molecule has 0 aromatic carbocycles. The number of piperidine rings is 1. The molecule has 34 heavy (non-hydrogen) atoms. The van der Waals surface area contributed by atoms with Crippen molar-refractivity contribution in [2.75, 3.05) is 25.0 Å². The van der Waals surface area contributed by atoms with Gasteiger partial charge in [-0.05, 0) is 43.0 Å². The molecule has 4 aromatic heterocycles. The second-order valence-corrected chi connectivity index (χ2v) is 10.1. The van der Waals surface area contributed by atoms with E-state index in [1.807, 2.05) is 31.6 Å². The van der Waals surface area contributed by atoms with E-state index < -0.39 is 0 Å². The van der Waals surface area contributed by atoms with E-state index in [-0.39, 0.29) is 5.41 Å². The lowest BCUT2D eigenvalue weighted by Crippen LogP contribution is -2.53. The highest BCUT2D eigenvalue weighted by Gasteiger charge is 2.36. The van der Waals surface area contributed by atoms with Gasteiger partial charge in [0.25, 0.3) is 0 Å². The molecule has 4 aromatic rings. The maximum atomic E-state index is 5.25. The topological polar surface area (TPSA) is 82.6 Å². The van der Waals surface area contributed by atoms with Crippen molar-refractivity contribution >= 4 is 33.3 Å². The highest BCUT2D eigenvalue weighted by Crippen LogP contribution is 2.39. The largest absolute Gasteiger partial charge is 0.355 e. The van der Waals surface area contributed by atoms with Crippen LogP contribution in [0, 0.1) is 12.3 Å². The first kappa shape index (κ1) is 21.0. The summed E-state index contributed by atoms with van der Waals surface area (Å²) in [6.45, 7) is 8.69. The number of aryl methyl sites for hydroxylation is 1. The summed E-state index contributed by atoms with van der Waals surface area (Å²) < 4.78 is 0. The van der Waals surface area contributed by atoms with Gasteiger partial charge < -0.3 is 15.2 Å². The van der Waals surface area contributed by atoms with Crippen molar-refractivity contribution < 1.29 is 0 Å². The molecule has 0 amide bonds. The molecule has 172 valence electrons. The summed E-state index contributed by atoms with van der Waals surface area (Å²) in [5.74, 6) is 1.65. The zero-order chi connectivity index (χ0) is 23.4. The minimum absolute atomic E-state index is 0.106. The van der Waals surface area contributed by atoms with E-state index in [2.05, 4.69) is 70.4 Å². The third-order valence-corrected chi connectivity index (χ3v) is 7.24. The average Bonchev–Trinajstić information content (AvgIpc) is 3.17. The number of hydrogen-bond donors (Lipinski definition) is 2. The lowest BCUT2D eigenvalue weighted by Gasteiger charge is -2.45. The number of aromatic amines is 1. The Kier molecular flexibility index (Phi) is 4.78. The van der Waals surface area contributed by atoms with Crippen LogP contribution in [0.4, 0.5) is 5.82 Å². The molecule has 1 atom stereocenters. The van der Waals surface area contributed by atoms with Crippen LogP contribution in [0.5, 0.6) is 0 Å². The van der Waals surface area contributed by atoms with Gasteiger partial charge in [-0.1, -0.05) is 32.1 Å².